The zero-order valence-electron chi connectivity index (χ0n) is 10.4. The van der Waals surface area contributed by atoms with Crippen LogP contribution in [0.5, 0.6) is 5.75 Å². The number of ether oxygens (including phenoxy) is 1. The first kappa shape index (κ1) is 13.5. The van der Waals surface area contributed by atoms with Gasteiger partial charge >= 0.3 is 0 Å². The molecule has 0 saturated carbocycles. The van der Waals surface area contributed by atoms with Gasteiger partial charge in [-0.3, -0.25) is 0 Å². The van der Waals surface area contributed by atoms with Crippen LogP contribution in [0.3, 0.4) is 0 Å². The molecule has 2 aromatic rings. The summed E-state index contributed by atoms with van der Waals surface area (Å²) in [6, 6.07) is 9.53. The minimum Gasteiger partial charge on any atom is -0.494 e. The first-order valence-corrected chi connectivity index (χ1v) is 6.22. The highest BCUT2D eigenvalue weighted by Crippen LogP contribution is 2.33. The molecule has 0 fully saturated rings. The lowest BCUT2D eigenvalue weighted by Crippen LogP contribution is -1.94. The molecule has 0 atom stereocenters. The van der Waals surface area contributed by atoms with Gasteiger partial charge < -0.3 is 4.74 Å². The molecule has 0 amide bonds. The van der Waals surface area contributed by atoms with Gasteiger partial charge in [0, 0.05) is 21.7 Å². The summed E-state index contributed by atoms with van der Waals surface area (Å²) in [5, 5.41) is 0.451. The first-order valence-electron chi connectivity index (χ1n) is 5.84. The summed E-state index contributed by atoms with van der Waals surface area (Å²) < 4.78 is 18.8. The van der Waals surface area contributed by atoms with Gasteiger partial charge in [0.25, 0.3) is 0 Å². The summed E-state index contributed by atoms with van der Waals surface area (Å²) in [5.41, 5.74) is 1.91. The lowest BCUT2D eigenvalue weighted by Gasteiger charge is -2.10. The highest BCUT2D eigenvalue weighted by Gasteiger charge is 2.10. The average molecular weight is 275 g/mol. The Morgan fingerprint density at radius 2 is 2.00 bits per heavy atom. The predicted molar refractivity (Wildman–Crippen MR) is 76.0 cm³/mol. The van der Waals surface area contributed by atoms with Crippen molar-refractivity contribution in [2.45, 2.75) is 6.92 Å². The van der Waals surface area contributed by atoms with E-state index in [4.69, 9.17) is 22.8 Å². The van der Waals surface area contributed by atoms with Gasteiger partial charge in [-0.2, -0.15) is 0 Å². The number of hydrogen-bond acceptors (Lipinski definition) is 1. The van der Waals surface area contributed by atoms with Crippen LogP contribution in [0.4, 0.5) is 4.39 Å². The third kappa shape index (κ3) is 2.89. The maximum Gasteiger partial charge on any atom is 0.123 e. The minimum absolute atomic E-state index is 0.357. The predicted octanol–water partition coefficient (Wildman–Crippen LogP) is 4.53. The molecule has 96 valence electrons. The monoisotopic (exact) mass is 274 g/mol. The van der Waals surface area contributed by atoms with E-state index < -0.39 is 0 Å². The number of benzene rings is 2. The second-order valence-corrected chi connectivity index (χ2v) is 4.32. The SMILES string of the molecule is C#Cc1ccc(OCC)cc1-c1cc(F)ccc1Cl. The van der Waals surface area contributed by atoms with E-state index in [1.807, 2.05) is 6.92 Å². The molecule has 0 heterocycles. The van der Waals surface area contributed by atoms with Crippen molar-refractivity contribution in [1.82, 2.24) is 0 Å². The molecular weight excluding hydrogens is 263 g/mol. The van der Waals surface area contributed by atoms with E-state index >= 15 is 0 Å². The van der Waals surface area contributed by atoms with Gasteiger partial charge in [0.05, 0.1) is 6.61 Å². The van der Waals surface area contributed by atoms with Crippen LogP contribution in [0.15, 0.2) is 36.4 Å². The van der Waals surface area contributed by atoms with E-state index in [2.05, 4.69) is 5.92 Å². The Labute approximate surface area is 117 Å². The summed E-state index contributed by atoms with van der Waals surface area (Å²) in [6.45, 7) is 2.44. The smallest absolute Gasteiger partial charge is 0.123 e. The molecule has 0 spiro atoms. The largest absolute Gasteiger partial charge is 0.494 e. The van der Waals surface area contributed by atoms with Crippen molar-refractivity contribution in [3.8, 4) is 29.2 Å². The van der Waals surface area contributed by atoms with Gasteiger partial charge in [-0.15, -0.1) is 6.42 Å². The van der Waals surface area contributed by atoms with Crippen LogP contribution in [-0.2, 0) is 0 Å². The first-order chi connectivity index (χ1) is 9.15. The molecule has 0 aliphatic carbocycles. The third-order valence-corrected chi connectivity index (χ3v) is 3.01. The highest BCUT2D eigenvalue weighted by atomic mass is 35.5. The molecule has 3 heteroatoms. The third-order valence-electron chi connectivity index (χ3n) is 2.68. The summed E-state index contributed by atoms with van der Waals surface area (Å²) in [5.74, 6) is 2.89. The Kier molecular flexibility index (Phi) is 4.09. The van der Waals surface area contributed by atoms with Crippen molar-refractivity contribution in [3.05, 3.63) is 52.8 Å². The molecule has 1 nitrogen and oxygen atoms in total. The van der Waals surface area contributed by atoms with Crippen LogP contribution in [-0.4, -0.2) is 6.61 Å². The molecule has 19 heavy (non-hydrogen) atoms. The minimum atomic E-state index is -0.357. The maximum absolute atomic E-state index is 13.4. The fourth-order valence-electron chi connectivity index (χ4n) is 1.83. The zero-order chi connectivity index (χ0) is 13.8. The van der Waals surface area contributed by atoms with E-state index in [0.29, 0.717) is 34.1 Å². The van der Waals surface area contributed by atoms with E-state index in [1.165, 1.54) is 18.2 Å². The van der Waals surface area contributed by atoms with Gasteiger partial charge in [0.1, 0.15) is 11.6 Å². The molecule has 0 N–H and O–H groups in total. The van der Waals surface area contributed by atoms with E-state index in [0.717, 1.165) is 0 Å². The van der Waals surface area contributed by atoms with E-state index in [-0.39, 0.29) is 5.82 Å². The van der Waals surface area contributed by atoms with Crippen LogP contribution in [0.25, 0.3) is 11.1 Å². The Hall–Kier alpha value is -1.98. The van der Waals surface area contributed by atoms with Crippen molar-refractivity contribution in [3.63, 3.8) is 0 Å². The number of terminal acetylenes is 1. The van der Waals surface area contributed by atoms with E-state index in [1.54, 1.807) is 18.2 Å². The molecule has 2 rings (SSSR count). The Morgan fingerprint density at radius 3 is 2.68 bits per heavy atom. The molecular formula is C16H12ClFO. The number of rotatable bonds is 3. The molecule has 0 aliphatic heterocycles. The normalized spacial score (nSPS) is 10.0. The quantitative estimate of drug-likeness (QED) is 0.748. The fraction of sp³-hybridized carbons (Fsp3) is 0.125. The zero-order valence-corrected chi connectivity index (χ0v) is 11.2. The van der Waals surface area contributed by atoms with Crippen molar-refractivity contribution in [2.75, 3.05) is 6.61 Å². The fourth-order valence-corrected chi connectivity index (χ4v) is 2.05. The van der Waals surface area contributed by atoms with E-state index in [9.17, 15) is 4.39 Å². The molecule has 0 bridgehead atoms. The van der Waals surface area contributed by atoms with Gasteiger partial charge in [0.2, 0.25) is 0 Å². The lowest BCUT2D eigenvalue weighted by atomic mass is 9.99. The Morgan fingerprint density at radius 1 is 1.21 bits per heavy atom. The molecule has 0 unspecified atom stereocenters. The van der Waals surface area contributed by atoms with Crippen molar-refractivity contribution in [1.29, 1.82) is 0 Å². The van der Waals surface area contributed by atoms with Gasteiger partial charge in [-0.05, 0) is 43.3 Å². The molecule has 0 saturated heterocycles. The average Bonchev–Trinajstić information content (AvgIpc) is 2.42. The molecule has 0 radical (unpaired) electrons. The van der Waals surface area contributed by atoms with Crippen LogP contribution >= 0.6 is 11.6 Å². The summed E-state index contributed by atoms with van der Waals surface area (Å²) in [4.78, 5) is 0. The van der Waals surface area contributed by atoms with Gasteiger partial charge in [0.15, 0.2) is 0 Å². The Balaban J connectivity index is 2.62. The molecule has 0 aliphatic rings. The van der Waals surface area contributed by atoms with Crippen molar-refractivity contribution >= 4 is 11.6 Å². The number of hydrogen-bond donors (Lipinski definition) is 0. The molecule has 0 aromatic heterocycles. The van der Waals surface area contributed by atoms with Crippen molar-refractivity contribution in [2.24, 2.45) is 0 Å². The second kappa shape index (κ2) is 5.77. The number of halogens is 2. The summed E-state index contributed by atoms with van der Waals surface area (Å²) in [6.07, 6.45) is 5.47. The van der Waals surface area contributed by atoms with Crippen LogP contribution in [0, 0.1) is 18.2 Å². The van der Waals surface area contributed by atoms with Crippen molar-refractivity contribution < 1.29 is 9.13 Å². The van der Waals surface area contributed by atoms with Crippen LogP contribution < -0.4 is 4.74 Å². The van der Waals surface area contributed by atoms with Gasteiger partial charge in [-0.25, -0.2) is 4.39 Å². The topological polar surface area (TPSA) is 9.23 Å². The Bertz CT molecular complexity index is 644. The maximum atomic E-state index is 13.4. The molecule has 2 aromatic carbocycles. The van der Waals surface area contributed by atoms with Crippen LogP contribution in [0.2, 0.25) is 5.02 Å². The van der Waals surface area contributed by atoms with Crippen LogP contribution in [0.1, 0.15) is 12.5 Å². The highest BCUT2D eigenvalue weighted by molar-refractivity contribution is 6.33. The summed E-state index contributed by atoms with van der Waals surface area (Å²) >= 11 is 6.11. The second-order valence-electron chi connectivity index (χ2n) is 3.91. The standard InChI is InChI=1S/C16H12ClFO/c1-3-11-5-7-13(19-4-2)10-14(11)15-9-12(18)6-8-16(15)17/h1,5-10H,4H2,2H3. The lowest BCUT2D eigenvalue weighted by molar-refractivity contribution is 0.340. The van der Waals surface area contributed by atoms with Gasteiger partial charge in [-0.1, -0.05) is 17.5 Å². The summed E-state index contributed by atoms with van der Waals surface area (Å²) in [7, 11) is 0.